The molecule has 2 aromatic rings. The fraction of sp³-hybridized carbons (Fsp3) is 0.471. The molecular formula is C17H20N4OS2. The largest absolute Gasteiger partial charge is 0.352 e. The minimum absolute atomic E-state index is 0.0756. The highest BCUT2D eigenvalue weighted by atomic mass is 32.2. The maximum atomic E-state index is 12.7. The summed E-state index contributed by atoms with van der Waals surface area (Å²) in [4.78, 5) is 15.0. The van der Waals surface area contributed by atoms with Gasteiger partial charge in [0.25, 0.3) is 0 Å². The van der Waals surface area contributed by atoms with Gasteiger partial charge < -0.3 is 10.2 Å². The van der Waals surface area contributed by atoms with Crippen molar-refractivity contribution >= 4 is 34.1 Å². The van der Waals surface area contributed by atoms with Gasteiger partial charge in [-0.05, 0) is 31.2 Å². The van der Waals surface area contributed by atoms with E-state index >= 15 is 0 Å². The fourth-order valence-electron chi connectivity index (χ4n) is 2.79. The summed E-state index contributed by atoms with van der Waals surface area (Å²) in [6.45, 7) is 2.12. The minimum atomic E-state index is -0.272. The Morgan fingerprint density at radius 3 is 2.67 bits per heavy atom. The second kappa shape index (κ2) is 7.11. The molecule has 1 N–H and O–H groups in total. The molecule has 24 heavy (non-hydrogen) atoms. The number of nitrogens with zero attached hydrogens (tertiary/aromatic N) is 3. The summed E-state index contributed by atoms with van der Waals surface area (Å²) in [5.41, 5.74) is 1.01. The lowest BCUT2D eigenvalue weighted by atomic mass is 10.1. The summed E-state index contributed by atoms with van der Waals surface area (Å²) in [6, 6.07) is 10.3. The predicted octanol–water partition coefficient (Wildman–Crippen LogP) is 3.25. The Bertz CT molecular complexity index is 696. The molecule has 0 bridgehead atoms. The molecule has 2 fully saturated rings. The van der Waals surface area contributed by atoms with Gasteiger partial charge in [0.05, 0.1) is 0 Å². The van der Waals surface area contributed by atoms with E-state index in [1.807, 2.05) is 30.3 Å². The second-order valence-corrected chi connectivity index (χ2v) is 8.54. The van der Waals surface area contributed by atoms with Crippen molar-refractivity contribution in [2.75, 3.05) is 18.0 Å². The molecule has 2 aliphatic rings. The van der Waals surface area contributed by atoms with Crippen LogP contribution >= 0.6 is 23.1 Å². The van der Waals surface area contributed by atoms with Gasteiger partial charge in [-0.3, -0.25) is 4.79 Å². The molecule has 5 nitrogen and oxygen atoms in total. The molecular weight excluding hydrogens is 340 g/mol. The minimum Gasteiger partial charge on any atom is -0.352 e. The number of benzene rings is 1. The van der Waals surface area contributed by atoms with E-state index in [9.17, 15) is 4.79 Å². The third-order valence-corrected chi connectivity index (χ3v) is 6.58. The topological polar surface area (TPSA) is 58.1 Å². The summed E-state index contributed by atoms with van der Waals surface area (Å²) in [6.07, 6.45) is 4.63. The fourth-order valence-corrected chi connectivity index (χ4v) is 4.89. The number of nitrogens with one attached hydrogen (secondary N) is 1. The second-order valence-electron chi connectivity index (χ2n) is 6.24. The van der Waals surface area contributed by atoms with E-state index in [2.05, 4.69) is 20.4 Å². The predicted molar refractivity (Wildman–Crippen MR) is 97.6 cm³/mol. The highest BCUT2D eigenvalue weighted by Gasteiger charge is 2.30. The lowest BCUT2D eigenvalue weighted by Crippen LogP contribution is -2.29. The lowest BCUT2D eigenvalue weighted by Gasteiger charge is -2.15. The Hall–Kier alpha value is -1.60. The smallest absolute Gasteiger partial charge is 0.238 e. The summed E-state index contributed by atoms with van der Waals surface area (Å²) in [5.74, 6) is 0.0756. The van der Waals surface area contributed by atoms with Crippen LogP contribution in [0.2, 0.25) is 0 Å². The Morgan fingerprint density at radius 2 is 1.96 bits per heavy atom. The number of thioether (sulfide) groups is 1. The van der Waals surface area contributed by atoms with Crippen molar-refractivity contribution in [3.05, 3.63) is 35.9 Å². The van der Waals surface area contributed by atoms with Crippen LogP contribution in [0.25, 0.3) is 0 Å². The summed E-state index contributed by atoms with van der Waals surface area (Å²) >= 11 is 3.10. The first-order valence-electron chi connectivity index (χ1n) is 8.40. The van der Waals surface area contributed by atoms with Crippen LogP contribution in [0.4, 0.5) is 5.13 Å². The molecule has 2 heterocycles. The molecule has 0 unspecified atom stereocenters. The van der Waals surface area contributed by atoms with Crippen molar-refractivity contribution in [3.8, 4) is 0 Å². The van der Waals surface area contributed by atoms with Crippen LogP contribution in [0, 0.1) is 0 Å². The van der Waals surface area contributed by atoms with E-state index in [-0.39, 0.29) is 11.2 Å². The van der Waals surface area contributed by atoms with E-state index in [4.69, 9.17) is 0 Å². The van der Waals surface area contributed by atoms with Crippen molar-refractivity contribution < 1.29 is 4.79 Å². The number of hydrogen-bond acceptors (Lipinski definition) is 6. The molecule has 1 aromatic heterocycles. The SMILES string of the molecule is O=C(NC1CC1)[C@@H](Sc1nnc(N2CCCC2)s1)c1ccccc1. The van der Waals surface area contributed by atoms with Crippen LogP contribution in [0.1, 0.15) is 36.5 Å². The standard InChI is InChI=1S/C17H20N4OS2/c22-15(18-13-8-9-13)14(12-6-2-1-3-7-12)23-17-20-19-16(24-17)21-10-4-5-11-21/h1-3,6-7,13-14H,4-5,8-11H2,(H,18,22)/t14-/m0/s1. The highest BCUT2D eigenvalue weighted by Crippen LogP contribution is 2.39. The van der Waals surface area contributed by atoms with E-state index in [0.29, 0.717) is 6.04 Å². The number of aromatic nitrogens is 2. The zero-order chi connectivity index (χ0) is 16.4. The quantitative estimate of drug-likeness (QED) is 0.802. The Morgan fingerprint density at radius 1 is 1.21 bits per heavy atom. The average Bonchev–Trinajstić information content (AvgIpc) is 3.08. The van der Waals surface area contributed by atoms with E-state index < -0.39 is 0 Å². The molecule has 1 saturated heterocycles. The molecule has 1 saturated carbocycles. The summed E-state index contributed by atoms with van der Waals surface area (Å²) in [5, 5.41) is 12.5. The van der Waals surface area contributed by atoms with E-state index in [1.54, 1.807) is 11.3 Å². The van der Waals surface area contributed by atoms with Crippen LogP contribution in [0.15, 0.2) is 34.7 Å². The average molecular weight is 361 g/mol. The van der Waals surface area contributed by atoms with Gasteiger partial charge in [-0.15, -0.1) is 10.2 Å². The van der Waals surface area contributed by atoms with Crippen molar-refractivity contribution in [1.82, 2.24) is 15.5 Å². The van der Waals surface area contributed by atoms with Crippen molar-refractivity contribution in [3.63, 3.8) is 0 Å². The first kappa shape index (κ1) is 15.9. The number of rotatable bonds is 6. The van der Waals surface area contributed by atoms with Gasteiger partial charge >= 0.3 is 0 Å². The van der Waals surface area contributed by atoms with Gasteiger partial charge in [0.2, 0.25) is 11.0 Å². The third-order valence-electron chi connectivity index (χ3n) is 4.26. The molecule has 0 radical (unpaired) electrons. The zero-order valence-electron chi connectivity index (χ0n) is 13.4. The molecule has 4 rings (SSSR count). The highest BCUT2D eigenvalue weighted by molar-refractivity contribution is 8.01. The van der Waals surface area contributed by atoms with Crippen LogP contribution in [0.3, 0.4) is 0 Å². The summed E-state index contributed by atoms with van der Waals surface area (Å²) < 4.78 is 0.858. The first-order valence-corrected chi connectivity index (χ1v) is 10.1. The normalized spacial score (nSPS) is 18.6. The van der Waals surface area contributed by atoms with Gasteiger partial charge in [-0.25, -0.2) is 0 Å². The Kier molecular flexibility index (Phi) is 4.71. The van der Waals surface area contributed by atoms with Crippen LogP contribution in [0.5, 0.6) is 0 Å². The van der Waals surface area contributed by atoms with Gasteiger partial charge in [-0.1, -0.05) is 53.4 Å². The lowest BCUT2D eigenvalue weighted by molar-refractivity contribution is -0.120. The van der Waals surface area contributed by atoms with Crippen LogP contribution in [-0.4, -0.2) is 35.2 Å². The molecule has 7 heteroatoms. The number of anilines is 1. The van der Waals surface area contributed by atoms with Gasteiger partial charge in [0, 0.05) is 19.1 Å². The van der Waals surface area contributed by atoms with Crippen molar-refractivity contribution in [2.24, 2.45) is 0 Å². The van der Waals surface area contributed by atoms with Gasteiger partial charge in [-0.2, -0.15) is 0 Å². The Labute approximate surface area is 149 Å². The molecule has 1 aromatic carbocycles. The molecule has 126 valence electrons. The van der Waals surface area contributed by atoms with E-state index in [1.165, 1.54) is 24.6 Å². The number of carbonyl (C=O) groups excluding carboxylic acids is 1. The van der Waals surface area contributed by atoms with Gasteiger partial charge in [0.1, 0.15) is 5.25 Å². The maximum Gasteiger partial charge on any atom is 0.238 e. The molecule has 1 atom stereocenters. The zero-order valence-corrected chi connectivity index (χ0v) is 15.0. The van der Waals surface area contributed by atoms with Crippen LogP contribution < -0.4 is 10.2 Å². The first-order chi connectivity index (χ1) is 11.8. The molecule has 1 aliphatic heterocycles. The van der Waals surface area contributed by atoms with E-state index in [0.717, 1.165) is 41.0 Å². The Balaban J connectivity index is 1.51. The molecule has 1 aliphatic carbocycles. The van der Waals surface area contributed by atoms with Crippen LogP contribution in [-0.2, 0) is 4.79 Å². The number of carbonyl (C=O) groups is 1. The summed E-state index contributed by atoms with van der Waals surface area (Å²) in [7, 11) is 0. The molecule has 0 spiro atoms. The van der Waals surface area contributed by atoms with Crippen molar-refractivity contribution in [1.29, 1.82) is 0 Å². The maximum absolute atomic E-state index is 12.7. The molecule has 1 amide bonds. The number of amides is 1. The van der Waals surface area contributed by atoms with Gasteiger partial charge in [0.15, 0.2) is 4.34 Å². The van der Waals surface area contributed by atoms with Crippen molar-refractivity contribution in [2.45, 2.75) is 41.3 Å². The third kappa shape index (κ3) is 3.72. The number of hydrogen-bond donors (Lipinski definition) is 1. The monoisotopic (exact) mass is 360 g/mol.